The summed E-state index contributed by atoms with van der Waals surface area (Å²) in [5.74, 6) is 0. The molecule has 0 amide bonds. The first kappa shape index (κ1) is 19.8. The minimum Gasteiger partial charge on any atom is -0.364 e. The highest BCUT2D eigenvalue weighted by Crippen LogP contribution is 2.39. The average molecular weight is 404 g/mol. The van der Waals surface area contributed by atoms with Gasteiger partial charge < -0.3 is 9.47 Å². The van der Waals surface area contributed by atoms with E-state index in [4.69, 9.17) is 4.65 Å². The van der Waals surface area contributed by atoms with E-state index in [1.54, 1.807) is 0 Å². The smallest absolute Gasteiger partial charge is 0.364 e. The third kappa shape index (κ3) is 3.61. The van der Waals surface area contributed by atoms with Gasteiger partial charge in [0.05, 0.1) is 6.54 Å². The van der Waals surface area contributed by atoms with Crippen molar-refractivity contribution in [2.75, 3.05) is 0 Å². The minimum absolute atomic E-state index is 0.0585. The highest BCUT2D eigenvalue weighted by Gasteiger charge is 2.60. The Balaban J connectivity index is 1.67. The quantitative estimate of drug-likeness (QED) is 0.500. The standard InChI is InChI=1S/C28H26BNO/c1-23-28(25-16-8-3-9-17-25,26-18-10-4-11-19-26)31-29(27-20-12-5-13-21-27)30(23)22-24-14-6-2-7-15-24/h2-21,23H,22H2,1H3/p+1/t23-/m0/s1. The van der Waals surface area contributed by atoms with Gasteiger partial charge in [0.15, 0.2) is 5.60 Å². The van der Waals surface area contributed by atoms with Crippen molar-refractivity contribution in [1.82, 2.24) is 0 Å². The largest absolute Gasteiger partial charge is 0.611 e. The van der Waals surface area contributed by atoms with E-state index < -0.39 is 5.60 Å². The maximum atomic E-state index is 7.17. The fraction of sp³-hybridized carbons (Fsp3) is 0.143. The van der Waals surface area contributed by atoms with E-state index in [-0.39, 0.29) is 13.1 Å². The van der Waals surface area contributed by atoms with Gasteiger partial charge in [-0.1, -0.05) is 121 Å². The van der Waals surface area contributed by atoms with Gasteiger partial charge in [0.1, 0.15) is 6.04 Å². The molecule has 4 aromatic rings. The molecule has 4 aromatic carbocycles. The summed E-state index contributed by atoms with van der Waals surface area (Å²) in [5, 5.41) is 0. The summed E-state index contributed by atoms with van der Waals surface area (Å²) >= 11 is 0. The summed E-state index contributed by atoms with van der Waals surface area (Å²) in [7, 11) is -0.0585. The Morgan fingerprint density at radius 3 is 1.65 bits per heavy atom. The molecule has 2 atom stereocenters. The first-order valence-electron chi connectivity index (χ1n) is 11.0. The zero-order valence-corrected chi connectivity index (χ0v) is 17.8. The Morgan fingerprint density at radius 1 is 0.677 bits per heavy atom. The highest BCUT2D eigenvalue weighted by atomic mass is 16.5. The molecule has 0 aromatic heterocycles. The average Bonchev–Trinajstić information content (AvgIpc) is 3.14. The zero-order valence-electron chi connectivity index (χ0n) is 17.8. The van der Waals surface area contributed by atoms with E-state index in [0.717, 1.165) is 6.54 Å². The molecule has 1 unspecified atom stereocenters. The summed E-state index contributed by atoms with van der Waals surface area (Å²) in [6.45, 7) is 3.24. The van der Waals surface area contributed by atoms with Crippen LogP contribution in [0.15, 0.2) is 121 Å². The maximum Gasteiger partial charge on any atom is 0.611 e. The second kappa shape index (κ2) is 8.54. The van der Waals surface area contributed by atoms with Gasteiger partial charge in [-0.3, -0.25) is 0 Å². The number of rotatable bonds is 5. The number of hydrogen-bond donors (Lipinski definition) is 1. The molecular formula is C28H27BNO+. The fourth-order valence-corrected chi connectivity index (χ4v) is 5.01. The normalized spacial score (nSPS) is 20.0. The topological polar surface area (TPSA) is 13.7 Å². The van der Waals surface area contributed by atoms with Crippen LogP contribution in [-0.2, 0) is 16.8 Å². The predicted molar refractivity (Wildman–Crippen MR) is 127 cm³/mol. The second-order valence-electron chi connectivity index (χ2n) is 8.34. The van der Waals surface area contributed by atoms with E-state index in [1.165, 1.54) is 27.0 Å². The zero-order chi connectivity index (χ0) is 21.1. The van der Waals surface area contributed by atoms with Gasteiger partial charge in [0.25, 0.3) is 0 Å². The molecule has 1 heterocycles. The summed E-state index contributed by atoms with van der Waals surface area (Å²) in [4.78, 5) is 1.42. The van der Waals surface area contributed by atoms with Crippen LogP contribution >= 0.6 is 0 Å². The summed E-state index contributed by atoms with van der Waals surface area (Å²) < 4.78 is 7.17. The van der Waals surface area contributed by atoms with Crippen LogP contribution in [0.1, 0.15) is 23.6 Å². The maximum absolute atomic E-state index is 7.17. The van der Waals surface area contributed by atoms with Crippen LogP contribution in [0, 0.1) is 0 Å². The highest BCUT2D eigenvalue weighted by molar-refractivity contribution is 6.60. The van der Waals surface area contributed by atoms with Crippen LogP contribution in [0.5, 0.6) is 0 Å². The Kier molecular flexibility index (Phi) is 5.46. The van der Waals surface area contributed by atoms with Gasteiger partial charge in [-0.25, -0.2) is 0 Å². The van der Waals surface area contributed by atoms with Crippen molar-refractivity contribution < 1.29 is 9.47 Å². The first-order chi connectivity index (χ1) is 15.3. The van der Waals surface area contributed by atoms with Gasteiger partial charge in [0.2, 0.25) is 0 Å². The molecule has 0 saturated carbocycles. The number of nitrogens with one attached hydrogen (secondary N) is 1. The number of hydrogen-bond acceptors (Lipinski definition) is 1. The van der Waals surface area contributed by atoms with Crippen molar-refractivity contribution in [1.29, 1.82) is 0 Å². The molecule has 1 N–H and O–H groups in total. The molecule has 1 aliphatic heterocycles. The third-order valence-electron chi connectivity index (χ3n) is 6.57. The fourth-order valence-electron chi connectivity index (χ4n) is 5.01. The molecule has 5 rings (SSSR count). The van der Waals surface area contributed by atoms with Crippen molar-refractivity contribution in [2.24, 2.45) is 0 Å². The van der Waals surface area contributed by atoms with Crippen LogP contribution in [-0.4, -0.2) is 13.1 Å². The van der Waals surface area contributed by atoms with Gasteiger partial charge >= 0.3 is 7.05 Å². The Hall–Kier alpha value is -3.14. The molecule has 152 valence electrons. The van der Waals surface area contributed by atoms with Crippen LogP contribution in [0.3, 0.4) is 0 Å². The SMILES string of the molecule is C[C@@H]1[NH+](Cc2ccccc2)B(c2ccccc2)OC1(c1ccccc1)c1ccccc1. The van der Waals surface area contributed by atoms with Gasteiger partial charge in [-0.05, 0) is 18.1 Å². The van der Waals surface area contributed by atoms with Crippen molar-refractivity contribution >= 4 is 12.5 Å². The van der Waals surface area contributed by atoms with Crippen molar-refractivity contribution in [3.63, 3.8) is 0 Å². The molecule has 0 spiro atoms. The summed E-state index contributed by atoms with van der Waals surface area (Å²) in [6, 6.07) is 43.0. The molecule has 1 saturated heterocycles. The van der Waals surface area contributed by atoms with E-state index in [2.05, 4.69) is 128 Å². The Labute approximate surface area is 185 Å². The van der Waals surface area contributed by atoms with Gasteiger partial charge in [-0.2, -0.15) is 0 Å². The van der Waals surface area contributed by atoms with Crippen LogP contribution < -0.4 is 10.3 Å². The lowest BCUT2D eigenvalue weighted by atomic mass is 9.71. The number of benzene rings is 4. The van der Waals surface area contributed by atoms with Crippen molar-refractivity contribution in [2.45, 2.75) is 25.1 Å². The molecule has 0 bridgehead atoms. The van der Waals surface area contributed by atoms with Crippen LogP contribution in [0.25, 0.3) is 0 Å². The van der Waals surface area contributed by atoms with Crippen LogP contribution in [0.4, 0.5) is 0 Å². The lowest BCUT2D eigenvalue weighted by Gasteiger charge is -2.34. The van der Waals surface area contributed by atoms with Crippen molar-refractivity contribution in [3.05, 3.63) is 138 Å². The predicted octanol–water partition coefficient (Wildman–Crippen LogP) is 3.83. The molecule has 31 heavy (non-hydrogen) atoms. The molecule has 1 aliphatic rings. The first-order valence-corrected chi connectivity index (χ1v) is 11.0. The number of quaternary nitrogens is 1. The summed E-state index contributed by atoms with van der Waals surface area (Å²) in [6.07, 6.45) is 0. The molecule has 0 aliphatic carbocycles. The summed E-state index contributed by atoms with van der Waals surface area (Å²) in [5.41, 5.74) is 4.43. The third-order valence-corrected chi connectivity index (χ3v) is 6.57. The van der Waals surface area contributed by atoms with Gasteiger partial charge in [-0.15, -0.1) is 0 Å². The van der Waals surface area contributed by atoms with E-state index in [9.17, 15) is 0 Å². The lowest BCUT2D eigenvalue weighted by molar-refractivity contribution is -0.827. The lowest BCUT2D eigenvalue weighted by Crippen LogP contribution is -3.19. The van der Waals surface area contributed by atoms with E-state index in [0.29, 0.717) is 0 Å². The molecule has 0 radical (unpaired) electrons. The van der Waals surface area contributed by atoms with Crippen LogP contribution in [0.2, 0.25) is 0 Å². The Bertz CT molecular complexity index is 1060. The van der Waals surface area contributed by atoms with Gasteiger partial charge in [0, 0.05) is 11.0 Å². The molecule has 2 nitrogen and oxygen atoms in total. The Morgan fingerprint density at radius 2 is 1.13 bits per heavy atom. The molecule has 1 fully saturated rings. The molecule has 3 heteroatoms. The second-order valence-corrected chi connectivity index (χ2v) is 8.34. The minimum atomic E-state index is -0.521. The monoisotopic (exact) mass is 404 g/mol. The van der Waals surface area contributed by atoms with E-state index in [1.807, 2.05) is 0 Å². The van der Waals surface area contributed by atoms with Crippen molar-refractivity contribution in [3.8, 4) is 0 Å². The van der Waals surface area contributed by atoms with E-state index >= 15 is 0 Å². The molecular weight excluding hydrogens is 377 g/mol.